The zero-order valence-corrected chi connectivity index (χ0v) is 13.4. The number of hydrogen-bond donors (Lipinski definition) is 1. The molecular formula is C13H15NO6S2. The summed E-state index contributed by atoms with van der Waals surface area (Å²) in [4.78, 5) is 22.8. The SMILES string of the molecule is COc1ccc(S(=O)(=O)N(CC(=O)O)C2CCSC2=O)cc1. The second-order valence-electron chi connectivity index (χ2n) is 4.59. The summed E-state index contributed by atoms with van der Waals surface area (Å²) in [6.07, 6.45) is 0.312. The standard InChI is InChI=1S/C13H15NO6S2/c1-20-9-2-4-10(5-3-9)22(18,19)14(8-12(15)16)11-6-7-21-13(11)17/h2-5,11H,6-8H2,1H3,(H,15,16). The van der Waals surface area contributed by atoms with Crippen LogP contribution in [0.5, 0.6) is 5.75 Å². The van der Waals surface area contributed by atoms with Crippen LogP contribution in [0.3, 0.4) is 0 Å². The zero-order chi connectivity index (χ0) is 16.3. The van der Waals surface area contributed by atoms with Crippen LogP contribution in [0.4, 0.5) is 0 Å². The number of hydrogen-bond acceptors (Lipinski definition) is 6. The first-order valence-electron chi connectivity index (χ1n) is 6.40. The number of methoxy groups -OCH3 is 1. The van der Waals surface area contributed by atoms with Crippen molar-refractivity contribution in [2.75, 3.05) is 19.4 Å². The molecule has 2 rings (SSSR count). The molecule has 1 aromatic rings. The minimum atomic E-state index is -4.07. The van der Waals surface area contributed by atoms with Gasteiger partial charge in [-0.3, -0.25) is 9.59 Å². The molecule has 0 aliphatic carbocycles. The Morgan fingerprint density at radius 3 is 2.50 bits per heavy atom. The van der Waals surface area contributed by atoms with Crippen molar-refractivity contribution in [2.24, 2.45) is 0 Å². The molecule has 7 nitrogen and oxygen atoms in total. The second kappa shape index (κ2) is 6.67. The fraction of sp³-hybridized carbons (Fsp3) is 0.385. The maximum Gasteiger partial charge on any atom is 0.318 e. The minimum Gasteiger partial charge on any atom is -0.497 e. The molecule has 1 N–H and O–H groups in total. The van der Waals surface area contributed by atoms with Crippen LogP contribution in [0, 0.1) is 0 Å². The van der Waals surface area contributed by atoms with E-state index in [-0.39, 0.29) is 10.0 Å². The average molecular weight is 345 g/mol. The van der Waals surface area contributed by atoms with Gasteiger partial charge in [0, 0.05) is 5.75 Å². The molecule has 22 heavy (non-hydrogen) atoms. The van der Waals surface area contributed by atoms with Crippen molar-refractivity contribution in [3.8, 4) is 5.75 Å². The molecule has 1 unspecified atom stereocenters. The molecule has 1 atom stereocenters. The van der Waals surface area contributed by atoms with E-state index in [1.807, 2.05) is 0 Å². The molecule has 0 bridgehead atoms. The van der Waals surface area contributed by atoms with Gasteiger partial charge in [0.15, 0.2) is 0 Å². The normalized spacial score (nSPS) is 18.6. The number of carbonyl (C=O) groups excluding carboxylic acids is 1. The molecule has 0 spiro atoms. The number of benzene rings is 1. The molecule has 1 heterocycles. The third kappa shape index (κ3) is 3.42. The number of carbonyl (C=O) groups is 2. The van der Waals surface area contributed by atoms with E-state index in [0.29, 0.717) is 17.9 Å². The van der Waals surface area contributed by atoms with Gasteiger partial charge in [-0.1, -0.05) is 11.8 Å². The molecule has 0 aromatic heterocycles. The predicted molar refractivity (Wildman–Crippen MR) is 80.4 cm³/mol. The van der Waals surface area contributed by atoms with E-state index in [1.165, 1.54) is 31.4 Å². The summed E-state index contributed by atoms with van der Waals surface area (Å²) in [5, 5.41) is 8.66. The molecule has 0 amide bonds. The van der Waals surface area contributed by atoms with Gasteiger partial charge in [-0.15, -0.1) is 0 Å². The van der Waals surface area contributed by atoms with Crippen molar-refractivity contribution in [1.29, 1.82) is 0 Å². The van der Waals surface area contributed by atoms with Gasteiger partial charge in [0.05, 0.1) is 18.0 Å². The Labute approximate surface area is 132 Å². The Kier molecular flexibility index (Phi) is 5.09. The van der Waals surface area contributed by atoms with E-state index in [4.69, 9.17) is 9.84 Å². The van der Waals surface area contributed by atoms with E-state index in [1.54, 1.807) is 0 Å². The summed E-state index contributed by atoms with van der Waals surface area (Å²) in [5.41, 5.74) is 0. The van der Waals surface area contributed by atoms with Crippen LogP contribution in [0.25, 0.3) is 0 Å². The summed E-state index contributed by atoms with van der Waals surface area (Å²) < 4.78 is 31.0. The first-order valence-corrected chi connectivity index (χ1v) is 8.83. The predicted octanol–water partition coefficient (Wildman–Crippen LogP) is 0.803. The van der Waals surface area contributed by atoms with Crippen molar-refractivity contribution >= 4 is 32.9 Å². The Balaban J connectivity index is 2.39. The monoisotopic (exact) mass is 345 g/mol. The van der Waals surface area contributed by atoms with Crippen molar-refractivity contribution in [2.45, 2.75) is 17.4 Å². The topological polar surface area (TPSA) is 101 Å². The molecule has 9 heteroatoms. The Morgan fingerprint density at radius 1 is 1.41 bits per heavy atom. The highest BCUT2D eigenvalue weighted by atomic mass is 32.2. The van der Waals surface area contributed by atoms with Gasteiger partial charge in [-0.25, -0.2) is 8.42 Å². The molecule has 1 saturated heterocycles. The lowest BCUT2D eigenvalue weighted by Crippen LogP contribution is -2.45. The van der Waals surface area contributed by atoms with Crippen molar-refractivity contribution in [1.82, 2.24) is 4.31 Å². The lowest BCUT2D eigenvalue weighted by atomic mass is 10.2. The maximum atomic E-state index is 12.7. The number of aliphatic carboxylic acids is 1. The number of ether oxygens (including phenoxy) is 1. The van der Waals surface area contributed by atoms with Crippen LogP contribution >= 0.6 is 11.8 Å². The van der Waals surface area contributed by atoms with Crippen LogP contribution in [0.2, 0.25) is 0 Å². The largest absolute Gasteiger partial charge is 0.497 e. The first-order chi connectivity index (χ1) is 10.4. The molecule has 0 radical (unpaired) electrons. The van der Waals surface area contributed by atoms with Crippen molar-refractivity contribution < 1.29 is 27.9 Å². The Hall–Kier alpha value is -1.58. The minimum absolute atomic E-state index is 0.0701. The number of thioether (sulfide) groups is 1. The van der Waals surface area contributed by atoms with Crippen LogP contribution < -0.4 is 4.74 Å². The number of carboxylic acids is 1. The lowest BCUT2D eigenvalue weighted by molar-refractivity contribution is -0.137. The molecule has 1 fully saturated rings. The highest BCUT2D eigenvalue weighted by molar-refractivity contribution is 8.14. The summed E-state index contributed by atoms with van der Waals surface area (Å²) in [7, 11) is -2.62. The molecule has 1 aromatic carbocycles. The third-order valence-electron chi connectivity index (χ3n) is 3.21. The van der Waals surface area contributed by atoms with E-state index < -0.39 is 28.6 Å². The number of nitrogens with zero attached hydrogens (tertiary/aromatic N) is 1. The average Bonchev–Trinajstić information content (AvgIpc) is 2.90. The number of sulfonamides is 1. The van der Waals surface area contributed by atoms with Gasteiger partial charge in [0.25, 0.3) is 0 Å². The van der Waals surface area contributed by atoms with Crippen LogP contribution in [-0.2, 0) is 19.6 Å². The maximum absolute atomic E-state index is 12.7. The highest BCUT2D eigenvalue weighted by Gasteiger charge is 2.40. The number of carboxylic acid groups (broad SMARTS) is 1. The van der Waals surface area contributed by atoms with Gasteiger partial charge in [-0.05, 0) is 30.7 Å². The van der Waals surface area contributed by atoms with Crippen molar-refractivity contribution in [3.63, 3.8) is 0 Å². The molecule has 1 aliphatic rings. The second-order valence-corrected chi connectivity index (χ2v) is 7.58. The van der Waals surface area contributed by atoms with Crippen LogP contribution in [-0.4, -0.2) is 54.4 Å². The third-order valence-corrected chi connectivity index (χ3v) is 6.08. The van der Waals surface area contributed by atoms with Gasteiger partial charge in [-0.2, -0.15) is 4.31 Å². The van der Waals surface area contributed by atoms with Gasteiger partial charge >= 0.3 is 5.97 Å². The quantitative estimate of drug-likeness (QED) is 0.814. The summed E-state index contributed by atoms with van der Waals surface area (Å²) in [6.45, 7) is -0.745. The highest BCUT2D eigenvalue weighted by Crippen LogP contribution is 2.29. The van der Waals surface area contributed by atoms with Gasteiger partial charge in [0.1, 0.15) is 12.3 Å². The molecular weight excluding hydrogens is 330 g/mol. The fourth-order valence-electron chi connectivity index (χ4n) is 2.13. The molecule has 0 saturated carbocycles. The van der Waals surface area contributed by atoms with E-state index >= 15 is 0 Å². The van der Waals surface area contributed by atoms with Crippen LogP contribution in [0.1, 0.15) is 6.42 Å². The van der Waals surface area contributed by atoms with E-state index in [9.17, 15) is 18.0 Å². The van der Waals surface area contributed by atoms with Crippen LogP contribution in [0.15, 0.2) is 29.2 Å². The lowest BCUT2D eigenvalue weighted by Gasteiger charge is -2.25. The molecule has 1 aliphatic heterocycles. The number of rotatable bonds is 6. The van der Waals surface area contributed by atoms with Crippen molar-refractivity contribution in [3.05, 3.63) is 24.3 Å². The fourth-order valence-corrected chi connectivity index (χ4v) is 4.74. The molecule has 120 valence electrons. The van der Waals surface area contributed by atoms with Gasteiger partial charge < -0.3 is 9.84 Å². The van der Waals surface area contributed by atoms with E-state index in [2.05, 4.69) is 0 Å². The van der Waals surface area contributed by atoms with E-state index in [0.717, 1.165) is 16.1 Å². The smallest absolute Gasteiger partial charge is 0.318 e. The Morgan fingerprint density at radius 2 is 2.05 bits per heavy atom. The summed E-state index contributed by atoms with van der Waals surface area (Å²) >= 11 is 1.02. The zero-order valence-electron chi connectivity index (χ0n) is 11.8. The first kappa shape index (κ1) is 16.8. The Bertz CT molecular complexity index is 670. The van der Waals surface area contributed by atoms with Gasteiger partial charge in [0.2, 0.25) is 15.1 Å². The summed E-state index contributed by atoms with van der Waals surface area (Å²) in [5.74, 6) is -0.337. The summed E-state index contributed by atoms with van der Waals surface area (Å²) in [6, 6.07) is 4.66.